The normalized spacial score (nSPS) is 25.1. The van der Waals surface area contributed by atoms with Gasteiger partial charge in [-0.1, -0.05) is 18.9 Å². The number of hydrogen-bond donors (Lipinski definition) is 2. The van der Waals surface area contributed by atoms with E-state index >= 15 is 0 Å². The molecule has 0 saturated heterocycles. The molecule has 1 fully saturated rings. The van der Waals surface area contributed by atoms with Gasteiger partial charge in [-0.2, -0.15) is 0 Å². The lowest BCUT2D eigenvalue weighted by Gasteiger charge is -2.27. The number of rotatable bonds is 2. The average molecular weight is 219 g/mol. The van der Waals surface area contributed by atoms with Gasteiger partial charge in [0.05, 0.1) is 5.92 Å². The molecule has 3 N–H and O–H groups in total. The van der Waals surface area contributed by atoms with E-state index in [1.54, 1.807) is 12.3 Å². The molecule has 0 bridgehead atoms. The quantitative estimate of drug-likeness (QED) is 0.792. The van der Waals surface area contributed by atoms with Crippen molar-refractivity contribution in [3.8, 4) is 0 Å². The van der Waals surface area contributed by atoms with Crippen molar-refractivity contribution in [2.75, 3.05) is 5.32 Å². The first-order chi connectivity index (χ1) is 7.77. The van der Waals surface area contributed by atoms with Gasteiger partial charge in [0.25, 0.3) is 0 Å². The number of pyridine rings is 1. The Morgan fingerprint density at radius 1 is 1.38 bits per heavy atom. The number of nitrogens with zero attached hydrogens (tertiary/aromatic N) is 1. The lowest BCUT2D eigenvalue weighted by Crippen LogP contribution is -2.40. The Morgan fingerprint density at radius 2 is 2.19 bits per heavy atom. The van der Waals surface area contributed by atoms with Crippen LogP contribution in [-0.2, 0) is 4.79 Å². The Bertz CT molecular complexity index is 353. The fraction of sp³-hybridized carbons (Fsp3) is 0.500. The minimum Gasteiger partial charge on any atom is -0.327 e. The maximum Gasteiger partial charge on any atom is 0.230 e. The summed E-state index contributed by atoms with van der Waals surface area (Å²) in [6.45, 7) is 0. The monoisotopic (exact) mass is 219 g/mol. The maximum absolute atomic E-state index is 11.9. The van der Waals surface area contributed by atoms with Crippen LogP contribution in [0.1, 0.15) is 25.7 Å². The molecular weight excluding hydrogens is 202 g/mol. The number of carbonyl (C=O) groups is 1. The van der Waals surface area contributed by atoms with Gasteiger partial charge in [-0.25, -0.2) is 4.98 Å². The Balaban J connectivity index is 1.97. The highest BCUT2D eigenvalue weighted by molar-refractivity contribution is 5.92. The van der Waals surface area contributed by atoms with Crippen LogP contribution in [0.4, 0.5) is 5.82 Å². The van der Waals surface area contributed by atoms with Crippen molar-refractivity contribution < 1.29 is 4.79 Å². The molecule has 1 aromatic heterocycles. The molecule has 1 amide bonds. The topological polar surface area (TPSA) is 68.0 Å². The zero-order valence-corrected chi connectivity index (χ0v) is 9.23. The first-order valence-electron chi connectivity index (χ1n) is 5.75. The molecule has 1 aliphatic carbocycles. The summed E-state index contributed by atoms with van der Waals surface area (Å²) in [7, 11) is 0. The molecule has 2 atom stereocenters. The van der Waals surface area contributed by atoms with Crippen LogP contribution in [0.3, 0.4) is 0 Å². The van der Waals surface area contributed by atoms with Crippen LogP contribution >= 0.6 is 0 Å². The van der Waals surface area contributed by atoms with Crippen LogP contribution in [0.5, 0.6) is 0 Å². The van der Waals surface area contributed by atoms with Gasteiger partial charge in [-0.15, -0.1) is 0 Å². The number of aromatic nitrogens is 1. The molecule has 0 aromatic carbocycles. The number of nitrogens with two attached hydrogens (primary N) is 1. The molecule has 2 unspecified atom stereocenters. The van der Waals surface area contributed by atoms with Crippen LogP contribution < -0.4 is 11.1 Å². The summed E-state index contributed by atoms with van der Waals surface area (Å²) in [6.07, 6.45) is 5.72. The number of nitrogens with one attached hydrogen (secondary N) is 1. The molecule has 1 aromatic rings. The van der Waals surface area contributed by atoms with E-state index in [-0.39, 0.29) is 17.9 Å². The predicted molar refractivity (Wildman–Crippen MR) is 62.8 cm³/mol. The van der Waals surface area contributed by atoms with Crippen LogP contribution in [-0.4, -0.2) is 16.9 Å². The van der Waals surface area contributed by atoms with E-state index < -0.39 is 0 Å². The molecule has 4 nitrogen and oxygen atoms in total. The number of carbonyl (C=O) groups excluding carboxylic acids is 1. The predicted octanol–water partition coefficient (Wildman–Crippen LogP) is 1.54. The lowest BCUT2D eigenvalue weighted by molar-refractivity contribution is -0.121. The van der Waals surface area contributed by atoms with Crippen molar-refractivity contribution in [3.05, 3.63) is 24.4 Å². The van der Waals surface area contributed by atoms with Gasteiger partial charge in [-0.05, 0) is 25.0 Å². The van der Waals surface area contributed by atoms with E-state index in [1.807, 2.05) is 12.1 Å². The summed E-state index contributed by atoms with van der Waals surface area (Å²) < 4.78 is 0. The lowest BCUT2D eigenvalue weighted by atomic mass is 9.84. The summed E-state index contributed by atoms with van der Waals surface area (Å²) >= 11 is 0. The Morgan fingerprint density at radius 3 is 2.88 bits per heavy atom. The highest BCUT2D eigenvalue weighted by atomic mass is 16.2. The molecule has 0 radical (unpaired) electrons. The van der Waals surface area contributed by atoms with Gasteiger partial charge in [0.1, 0.15) is 5.82 Å². The summed E-state index contributed by atoms with van der Waals surface area (Å²) in [5, 5.41) is 2.81. The minimum atomic E-state index is -0.0595. The molecule has 4 heteroatoms. The fourth-order valence-electron chi connectivity index (χ4n) is 2.14. The third-order valence-electron chi connectivity index (χ3n) is 3.07. The molecule has 16 heavy (non-hydrogen) atoms. The summed E-state index contributed by atoms with van der Waals surface area (Å²) in [6, 6.07) is 5.45. The number of anilines is 1. The molecule has 0 aliphatic heterocycles. The standard InChI is InChI=1S/C12H17N3O/c13-10-6-2-1-5-9(10)12(16)15-11-7-3-4-8-14-11/h3-4,7-10H,1-2,5-6,13H2,(H,14,15,16). The Kier molecular flexibility index (Phi) is 3.51. The van der Waals surface area contributed by atoms with E-state index in [0.29, 0.717) is 5.82 Å². The van der Waals surface area contributed by atoms with Crippen molar-refractivity contribution in [2.45, 2.75) is 31.7 Å². The van der Waals surface area contributed by atoms with Crippen LogP contribution in [0.25, 0.3) is 0 Å². The van der Waals surface area contributed by atoms with E-state index in [0.717, 1.165) is 25.7 Å². The van der Waals surface area contributed by atoms with Crippen LogP contribution in [0.15, 0.2) is 24.4 Å². The molecule has 1 aliphatic rings. The largest absolute Gasteiger partial charge is 0.327 e. The number of amides is 1. The summed E-state index contributed by atoms with van der Waals surface area (Å²) in [5.41, 5.74) is 5.95. The minimum absolute atomic E-state index is 0.00235. The summed E-state index contributed by atoms with van der Waals surface area (Å²) in [4.78, 5) is 16.0. The number of hydrogen-bond acceptors (Lipinski definition) is 3. The Labute approximate surface area is 95.3 Å². The van der Waals surface area contributed by atoms with Crippen LogP contribution in [0, 0.1) is 5.92 Å². The van der Waals surface area contributed by atoms with Gasteiger partial charge >= 0.3 is 0 Å². The second kappa shape index (κ2) is 5.07. The van der Waals surface area contributed by atoms with Gasteiger partial charge < -0.3 is 11.1 Å². The van der Waals surface area contributed by atoms with E-state index in [4.69, 9.17) is 5.73 Å². The second-order valence-electron chi connectivity index (χ2n) is 4.26. The van der Waals surface area contributed by atoms with E-state index in [1.165, 1.54) is 0 Å². The highest BCUT2D eigenvalue weighted by Gasteiger charge is 2.28. The van der Waals surface area contributed by atoms with Gasteiger partial charge in [0.2, 0.25) is 5.91 Å². The SMILES string of the molecule is NC1CCCCC1C(=O)Nc1ccccn1. The zero-order valence-electron chi connectivity index (χ0n) is 9.23. The fourth-order valence-corrected chi connectivity index (χ4v) is 2.14. The second-order valence-corrected chi connectivity index (χ2v) is 4.26. The Hall–Kier alpha value is -1.42. The van der Waals surface area contributed by atoms with Crippen molar-refractivity contribution in [1.29, 1.82) is 0 Å². The third-order valence-corrected chi connectivity index (χ3v) is 3.07. The molecule has 86 valence electrons. The van der Waals surface area contributed by atoms with Crippen molar-refractivity contribution in [3.63, 3.8) is 0 Å². The first-order valence-corrected chi connectivity index (χ1v) is 5.75. The van der Waals surface area contributed by atoms with Crippen molar-refractivity contribution in [1.82, 2.24) is 4.98 Å². The van der Waals surface area contributed by atoms with Crippen LogP contribution in [0.2, 0.25) is 0 Å². The zero-order chi connectivity index (χ0) is 11.4. The van der Waals surface area contributed by atoms with Gasteiger partial charge in [-0.3, -0.25) is 4.79 Å². The van der Waals surface area contributed by atoms with E-state index in [9.17, 15) is 4.79 Å². The van der Waals surface area contributed by atoms with E-state index in [2.05, 4.69) is 10.3 Å². The van der Waals surface area contributed by atoms with Gasteiger partial charge in [0, 0.05) is 12.2 Å². The highest BCUT2D eigenvalue weighted by Crippen LogP contribution is 2.23. The van der Waals surface area contributed by atoms with Crippen molar-refractivity contribution in [2.24, 2.45) is 11.7 Å². The summed E-state index contributed by atoms with van der Waals surface area (Å²) in [5.74, 6) is 0.548. The van der Waals surface area contributed by atoms with Gasteiger partial charge in [0.15, 0.2) is 0 Å². The average Bonchev–Trinajstić information content (AvgIpc) is 2.31. The smallest absolute Gasteiger partial charge is 0.230 e. The third kappa shape index (κ3) is 2.58. The maximum atomic E-state index is 11.9. The van der Waals surface area contributed by atoms with Crippen molar-refractivity contribution >= 4 is 11.7 Å². The molecular formula is C12H17N3O. The first kappa shape index (κ1) is 11.1. The molecule has 0 spiro atoms. The molecule has 1 saturated carbocycles. The molecule has 1 heterocycles. The molecule has 2 rings (SSSR count).